The molecule has 4 nitrogen and oxygen atoms in total. The molecule has 0 saturated heterocycles. The summed E-state index contributed by atoms with van der Waals surface area (Å²) in [6.45, 7) is 0. The van der Waals surface area contributed by atoms with E-state index in [1.54, 1.807) is 18.3 Å². The van der Waals surface area contributed by atoms with E-state index in [1.807, 2.05) is 30.3 Å². The molecule has 7 heteroatoms. The third-order valence-electron chi connectivity index (χ3n) is 3.13. The standard InChI is InChI=1S/C18H11BrClNO3S/c19-16-9-14(10-21-13-3-1-2-11(8-13)17(22)23)24-18(16)25-15-6-4-12(20)5-7-15/h1-10H,(H,22,23). The number of aliphatic imine (C=N–C) groups is 1. The normalized spacial score (nSPS) is 11.1. The van der Waals surface area contributed by atoms with E-state index in [0.29, 0.717) is 21.6 Å². The van der Waals surface area contributed by atoms with E-state index in [9.17, 15) is 4.79 Å². The number of benzene rings is 2. The van der Waals surface area contributed by atoms with Gasteiger partial charge in [0, 0.05) is 16.0 Å². The molecule has 0 bridgehead atoms. The Hall–Kier alpha value is -2.02. The van der Waals surface area contributed by atoms with Crippen LogP contribution in [0.5, 0.6) is 0 Å². The molecule has 126 valence electrons. The Balaban J connectivity index is 1.77. The molecule has 3 rings (SSSR count). The fourth-order valence-corrected chi connectivity index (χ4v) is 3.43. The molecule has 0 saturated carbocycles. The van der Waals surface area contributed by atoms with Crippen LogP contribution < -0.4 is 0 Å². The van der Waals surface area contributed by atoms with Crippen molar-refractivity contribution in [2.75, 3.05) is 0 Å². The van der Waals surface area contributed by atoms with Crippen LogP contribution in [0, 0.1) is 0 Å². The van der Waals surface area contributed by atoms with E-state index in [0.717, 1.165) is 9.37 Å². The number of carbonyl (C=O) groups is 1. The van der Waals surface area contributed by atoms with E-state index >= 15 is 0 Å². The van der Waals surface area contributed by atoms with Crippen molar-refractivity contribution in [2.24, 2.45) is 4.99 Å². The van der Waals surface area contributed by atoms with Crippen LogP contribution in [0.25, 0.3) is 0 Å². The topological polar surface area (TPSA) is 62.8 Å². The third kappa shape index (κ3) is 4.75. The van der Waals surface area contributed by atoms with Gasteiger partial charge in [0.25, 0.3) is 0 Å². The quantitative estimate of drug-likeness (QED) is 0.477. The van der Waals surface area contributed by atoms with Crippen molar-refractivity contribution in [1.29, 1.82) is 0 Å². The molecule has 0 aliphatic carbocycles. The van der Waals surface area contributed by atoms with Crippen LogP contribution in [0.15, 0.2) is 78.5 Å². The molecule has 0 aliphatic rings. The van der Waals surface area contributed by atoms with Gasteiger partial charge in [-0.3, -0.25) is 4.99 Å². The lowest BCUT2D eigenvalue weighted by atomic mass is 10.2. The van der Waals surface area contributed by atoms with Gasteiger partial charge < -0.3 is 9.52 Å². The first kappa shape index (κ1) is 17.8. The van der Waals surface area contributed by atoms with Gasteiger partial charge in [0.15, 0.2) is 5.09 Å². The van der Waals surface area contributed by atoms with Gasteiger partial charge in [-0.15, -0.1) is 0 Å². The summed E-state index contributed by atoms with van der Waals surface area (Å²) in [5.41, 5.74) is 0.730. The monoisotopic (exact) mass is 435 g/mol. The predicted octanol–water partition coefficient (Wildman–Crippen LogP) is 6.30. The van der Waals surface area contributed by atoms with Crippen molar-refractivity contribution in [3.63, 3.8) is 0 Å². The zero-order chi connectivity index (χ0) is 17.8. The first-order chi connectivity index (χ1) is 12.0. The van der Waals surface area contributed by atoms with Gasteiger partial charge in [-0.1, -0.05) is 29.4 Å². The Morgan fingerprint density at radius 3 is 2.68 bits per heavy atom. The molecule has 0 atom stereocenters. The first-order valence-corrected chi connectivity index (χ1v) is 9.10. The summed E-state index contributed by atoms with van der Waals surface area (Å²) < 4.78 is 6.58. The molecule has 0 amide bonds. The smallest absolute Gasteiger partial charge is 0.335 e. The SMILES string of the molecule is O=C(O)c1cccc(N=Cc2cc(Br)c(Sc3ccc(Cl)cc3)o2)c1. The number of halogens is 2. The second-order valence-corrected chi connectivity index (χ2v) is 7.29. The van der Waals surface area contributed by atoms with Crippen LogP contribution in [-0.2, 0) is 0 Å². The number of hydrogen-bond acceptors (Lipinski definition) is 4. The summed E-state index contributed by atoms with van der Waals surface area (Å²) in [6, 6.07) is 15.7. The number of aromatic carboxylic acids is 1. The van der Waals surface area contributed by atoms with Crippen LogP contribution >= 0.6 is 39.3 Å². The van der Waals surface area contributed by atoms with Gasteiger partial charge in [-0.2, -0.15) is 0 Å². The highest BCUT2D eigenvalue weighted by Gasteiger charge is 2.10. The second-order valence-electron chi connectivity index (χ2n) is 4.95. The summed E-state index contributed by atoms with van der Waals surface area (Å²) in [5.74, 6) is -0.427. The minimum atomic E-state index is -0.987. The molecule has 3 aromatic rings. The first-order valence-electron chi connectivity index (χ1n) is 7.11. The zero-order valence-electron chi connectivity index (χ0n) is 12.6. The molecule has 1 N–H and O–H groups in total. The maximum absolute atomic E-state index is 11.0. The van der Waals surface area contributed by atoms with E-state index in [-0.39, 0.29) is 5.56 Å². The van der Waals surface area contributed by atoms with E-state index in [1.165, 1.54) is 23.9 Å². The molecular formula is C18H11BrClNO3S. The molecule has 1 heterocycles. The predicted molar refractivity (Wildman–Crippen MR) is 103 cm³/mol. The van der Waals surface area contributed by atoms with Gasteiger partial charge >= 0.3 is 5.97 Å². The molecule has 0 radical (unpaired) electrons. The Labute approximate surface area is 161 Å². The lowest BCUT2D eigenvalue weighted by Gasteiger charge is -1.98. The number of carboxylic acid groups (broad SMARTS) is 1. The number of rotatable bonds is 5. The highest BCUT2D eigenvalue weighted by Crippen LogP contribution is 2.36. The summed E-state index contributed by atoms with van der Waals surface area (Å²) in [6.07, 6.45) is 1.55. The van der Waals surface area contributed by atoms with Crippen molar-refractivity contribution < 1.29 is 14.3 Å². The molecule has 0 unspecified atom stereocenters. The molecule has 2 aromatic carbocycles. The minimum Gasteiger partial charge on any atom is -0.478 e. The van der Waals surface area contributed by atoms with Crippen molar-refractivity contribution in [3.05, 3.63) is 75.4 Å². The zero-order valence-corrected chi connectivity index (χ0v) is 15.8. The van der Waals surface area contributed by atoms with Crippen LogP contribution in [0.4, 0.5) is 5.69 Å². The Morgan fingerprint density at radius 2 is 1.96 bits per heavy atom. The average molecular weight is 437 g/mol. The Bertz CT molecular complexity index is 938. The maximum Gasteiger partial charge on any atom is 0.335 e. The van der Waals surface area contributed by atoms with Gasteiger partial charge in [-0.05, 0) is 58.4 Å². The van der Waals surface area contributed by atoms with E-state index in [4.69, 9.17) is 21.1 Å². The van der Waals surface area contributed by atoms with Crippen LogP contribution in [0.2, 0.25) is 5.02 Å². The molecule has 25 heavy (non-hydrogen) atoms. The largest absolute Gasteiger partial charge is 0.478 e. The van der Waals surface area contributed by atoms with Crippen LogP contribution in [0.3, 0.4) is 0 Å². The number of nitrogens with zero attached hydrogens (tertiary/aromatic N) is 1. The highest BCUT2D eigenvalue weighted by atomic mass is 79.9. The fraction of sp³-hybridized carbons (Fsp3) is 0. The maximum atomic E-state index is 11.0. The summed E-state index contributed by atoms with van der Waals surface area (Å²) in [5, 5.41) is 10.4. The van der Waals surface area contributed by atoms with Gasteiger partial charge in [0.05, 0.1) is 21.9 Å². The van der Waals surface area contributed by atoms with E-state index < -0.39 is 5.97 Å². The van der Waals surface area contributed by atoms with Crippen molar-refractivity contribution in [1.82, 2.24) is 0 Å². The molecule has 1 aromatic heterocycles. The van der Waals surface area contributed by atoms with E-state index in [2.05, 4.69) is 20.9 Å². The van der Waals surface area contributed by atoms with Gasteiger partial charge in [0.1, 0.15) is 5.76 Å². The van der Waals surface area contributed by atoms with Gasteiger partial charge in [0.2, 0.25) is 0 Å². The van der Waals surface area contributed by atoms with Gasteiger partial charge in [-0.25, -0.2) is 4.79 Å². The van der Waals surface area contributed by atoms with Crippen molar-refractivity contribution in [2.45, 2.75) is 9.99 Å². The highest BCUT2D eigenvalue weighted by molar-refractivity contribution is 9.10. The average Bonchev–Trinajstić information content (AvgIpc) is 2.95. The number of furan rings is 1. The molecule has 0 fully saturated rings. The van der Waals surface area contributed by atoms with Crippen molar-refractivity contribution >= 4 is 57.2 Å². The second kappa shape index (κ2) is 7.91. The lowest BCUT2D eigenvalue weighted by Crippen LogP contribution is -1.94. The number of hydrogen-bond donors (Lipinski definition) is 1. The van der Waals surface area contributed by atoms with Crippen molar-refractivity contribution in [3.8, 4) is 0 Å². The molecular weight excluding hydrogens is 426 g/mol. The molecule has 0 aliphatic heterocycles. The summed E-state index contributed by atoms with van der Waals surface area (Å²) in [7, 11) is 0. The summed E-state index contributed by atoms with van der Waals surface area (Å²) >= 11 is 10.8. The lowest BCUT2D eigenvalue weighted by molar-refractivity contribution is 0.0697. The molecule has 0 spiro atoms. The van der Waals surface area contributed by atoms with Crippen LogP contribution in [-0.4, -0.2) is 17.3 Å². The Morgan fingerprint density at radius 1 is 1.20 bits per heavy atom. The fourth-order valence-electron chi connectivity index (χ4n) is 1.97. The van der Waals surface area contributed by atoms with Crippen LogP contribution in [0.1, 0.15) is 16.1 Å². The number of carboxylic acids is 1. The minimum absolute atomic E-state index is 0.189. The Kier molecular flexibility index (Phi) is 5.63. The summed E-state index contributed by atoms with van der Waals surface area (Å²) in [4.78, 5) is 16.2. The third-order valence-corrected chi connectivity index (χ3v) is 5.23.